The molecule has 2 rings (SSSR count). The van der Waals surface area contributed by atoms with Crippen molar-refractivity contribution in [1.82, 2.24) is 5.32 Å². The molecular formula is C10H19NO. The Morgan fingerprint density at radius 1 is 1.25 bits per heavy atom. The summed E-state index contributed by atoms with van der Waals surface area (Å²) >= 11 is 0. The molecule has 1 heterocycles. The summed E-state index contributed by atoms with van der Waals surface area (Å²) in [5, 5.41) is 12.9. The van der Waals surface area contributed by atoms with Gasteiger partial charge in [0.25, 0.3) is 0 Å². The zero-order chi connectivity index (χ0) is 8.44. The van der Waals surface area contributed by atoms with Crippen LogP contribution in [0.5, 0.6) is 0 Å². The predicted octanol–water partition coefficient (Wildman–Crippen LogP) is 1.29. The molecule has 1 saturated carbocycles. The Morgan fingerprint density at radius 2 is 1.92 bits per heavy atom. The normalized spacial score (nSPS) is 28.8. The van der Waals surface area contributed by atoms with Gasteiger partial charge in [0.1, 0.15) is 0 Å². The Labute approximate surface area is 74.4 Å². The van der Waals surface area contributed by atoms with E-state index in [1.807, 2.05) is 0 Å². The summed E-state index contributed by atoms with van der Waals surface area (Å²) in [6.07, 6.45) is 7.92. The van der Waals surface area contributed by atoms with Gasteiger partial charge in [-0.25, -0.2) is 0 Å². The van der Waals surface area contributed by atoms with Crippen LogP contribution in [-0.4, -0.2) is 23.8 Å². The summed E-state index contributed by atoms with van der Waals surface area (Å²) < 4.78 is 0. The van der Waals surface area contributed by atoms with Crippen LogP contribution in [0.25, 0.3) is 0 Å². The second kappa shape index (κ2) is 3.35. The molecule has 2 nitrogen and oxygen atoms in total. The lowest BCUT2D eigenvalue weighted by Gasteiger charge is -2.38. The van der Waals surface area contributed by atoms with E-state index in [4.69, 9.17) is 0 Å². The van der Waals surface area contributed by atoms with Gasteiger partial charge in [-0.15, -0.1) is 0 Å². The molecule has 70 valence electrons. The molecule has 2 fully saturated rings. The molecule has 0 aromatic rings. The van der Waals surface area contributed by atoms with Crippen LogP contribution in [0.1, 0.15) is 38.5 Å². The molecule has 0 aromatic heterocycles. The zero-order valence-electron chi connectivity index (χ0n) is 7.68. The molecule has 2 aliphatic rings. The van der Waals surface area contributed by atoms with Gasteiger partial charge in [0.2, 0.25) is 0 Å². The number of hydrogen-bond donors (Lipinski definition) is 2. The molecule has 1 saturated heterocycles. The van der Waals surface area contributed by atoms with E-state index in [0.717, 1.165) is 25.4 Å². The van der Waals surface area contributed by atoms with Crippen LogP contribution in [0, 0.1) is 5.92 Å². The third-order valence-electron chi connectivity index (χ3n) is 3.40. The van der Waals surface area contributed by atoms with E-state index in [1.165, 1.54) is 32.1 Å². The van der Waals surface area contributed by atoms with Gasteiger partial charge in [-0.1, -0.05) is 25.7 Å². The van der Waals surface area contributed by atoms with Crippen molar-refractivity contribution in [3.63, 3.8) is 0 Å². The Bertz CT molecular complexity index is 148. The highest BCUT2D eigenvalue weighted by Gasteiger charge is 2.34. The lowest BCUT2D eigenvalue weighted by atomic mass is 9.87. The fourth-order valence-corrected chi connectivity index (χ4v) is 2.36. The quantitative estimate of drug-likeness (QED) is 0.667. The lowest BCUT2D eigenvalue weighted by Crippen LogP contribution is -2.59. The van der Waals surface area contributed by atoms with Crippen molar-refractivity contribution in [3.8, 4) is 0 Å². The SMILES string of the molecule is OC1(CCC2CCCC2)CNC1. The van der Waals surface area contributed by atoms with E-state index in [9.17, 15) is 5.11 Å². The van der Waals surface area contributed by atoms with Gasteiger partial charge in [-0.3, -0.25) is 0 Å². The van der Waals surface area contributed by atoms with Gasteiger partial charge in [0, 0.05) is 13.1 Å². The van der Waals surface area contributed by atoms with Crippen LogP contribution in [-0.2, 0) is 0 Å². The summed E-state index contributed by atoms with van der Waals surface area (Å²) in [5.41, 5.74) is -0.331. The molecule has 0 atom stereocenters. The first kappa shape index (κ1) is 8.52. The van der Waals surface area contributed by atoms with Crippen molar-refractivity contribution in [3.05, 3.63) is 0 Å². The first-order valence-corrected chi connectivity index (χ1v) is 5.22. The summed E-state index contributed by atoms with van der Waals surface area (Å²) in [4.78, 5) is 0. The van der Waals surface area contributed by atoms with E-state index in [1.54, 1.807) is 0 Å². The monoisotopic (exact) mass is 169 g/mol. The zero-order valence-corrected chi connectivity index (χ0v) is 7.68. The van der Waals surface area contributed by atoms with Gasteiger partial charge >= 0.3 is 0 Å². The van der Waals surface area contributed by atoms with Gasteiger partial charge in [0.05, 0.1) is 5.60 Å². The van der Waals surface area contributed by atoms with Crippen LogP contribution >= 0.6 is 0 Å². The third-order valence-corrected chi connectivity index (χ3v) is 3.40. The highest BCUT2D eigenvalue weighted by Crippen LogP contribution is 2.31. The Balaban J connectivity index is 1.67. The molecule has 12 heavy (non-hydrogen) atoms. The maximum Gasteiger partial charge on any atom is 0.0895 e. The van der Waals surface area contributed by atoms with Gasteiger partial charge < -0.3 is 10.4 Å². The van der Waals surface area contributed by atoms with E-state index in [2.05, 4.69) is 5.32 Å². The number of rotatable bonds is 3. The lowest BCUT2D eigenvalue weighted by molar-refractivity contribution is -0.0218. The minimum atomic E-state index is -0.331. The predicted molar refractivity (Wildman–Crippen MR) is 49.0 cm³/mol. The summed E-state index contributed by atoms with van der Waals surface area (Å²) in [7, 11) is 0. The summed E-state index contributed by atoms with van der Waals surface area (Å²) in [6, 6.07) is 0. The van der Waals surface area contributed by atoms with Crippen molar-refractivity contribution in [2.24, 2.45) is 5.92 Å². The summed E-state index contributed by atoms with van der Waals surface area (Å²) in [5.74, 6) is 0.926. The van der Waals surface area contributed by atoms with E-state index in [0.29, 0.717) is 0 Å². The average Bonchev–Trinajstić information content (AvgIpc) is 2.49. The van der Waals surface area contributed by atoms with Crippen LogP contribution < -0.4 is 5.32 Å². The molecule has 0 spiro atoms. The molecule has 2 heteroatoms. The van der Waals surface area contributed by atoms with Crippen molar-refractivity contribution in [2.45, 2.75) is 44.1 Å². The molecule has 0 radical (unpaired) electrons. The molecule has 0 aromatic carbocycles. The second-order valence-corrected chi connectivity index (χ2v) is 4.52. The van der Waals surface area contributed by atoms with Crippen LogP contribution in [0.2, 0.25) is 0 Å². The van der Waals surface area contributed by atoms with Crippen molar-refractivity contribution >= 4 is 0 Å². The Hall–Kier alpha value is -0.0800. The van der Waals surface area contributed by atoms with E-state index >= 15 is 0 Å². The molecule has 0 unspecified atom stereocenters. The first-order valence-electron chi connectivity index (χ1n) is 5.22. The highest BCUT2D eigenvalue weighted by atomic mass is 16.3. The van der Waals surface area contributed by atoms with Gasteiger partial charge in [-0.2, -0.15) is 0 Å². The van der Waals surface area contributed by atoms with Crippen LogP contribution in [0.4, 0.5) is 0 Å². The van der Waals surface area contributed by atoms with Crippen molar-refractivity contribution in [2.75, 3.05) is 13.1 Å². The van der Waals surface area contributed by atoms with E-state index in [-0.39, 0.29) is 5.60 Å². The largest absolute Gasteiger partial charge is 0.387 e. The number of nitrogens with one attached hydrogen (secondary N) is 1. The topological polar surface area (TPSA) is 32.3 Å². The van der Waals surface area contributed by atoms with Gasteiger partial charge in [-0.05, 0) is 18.8 Å². The fourth-order valence-electron chi connectivity index (χ4n) is 2.36. The van der Waals surface area contributed by atoms with Crippen LogP contribution in [0.3, 0.4) is 0 Å². The maximum absolute atomic E-state index is 9.81. The Kier molecular flexibility index (Phi) is 2.37. The third kappa shape index (κ3) is 1.80. The molecular weight excluding hydrogens is 150 g/mol. The van der Waals surface area contributed by atoms with Crippen molar-refractivity contribution in [1.29, 1.82) is 0 Å². The van der Waals surface area contributed by atoms with E-state index < -0.39 is 0 Å². The molecule has 1 aliphatic heterocycles. The number of hydrogen-bond acceptors (Lipinski definition) is 2. The minimum Gasteiger partial charge on any atom is -0.387 e. The molecule has 1 aliphatic carbocycles. The fraction of sp³-hybridized carbons (Fsp3) is 1.00. The standard InChI is InChI=1S/C10H19NO/c12-10(7-11-8-10)6-5-9-3-1-2-4-9/h9,11-12H,1-8H2. The summed E-state index contributed by atoms with van der Waals surface area (Å²) in [6.45, 7) is 1.64. The van der Waals surface area contributed by atoms with Gasteiger partial charge in [0.15, 0.2) is 0 Å². The molecule has 2 N–H and O–H groups in total. The number of aliphatic hydroxyl groups is 1. The first-order chi connectivity index (χ1) is 5.79. The second-order valence-electron chi connectivity index (χ2n) is 4.52. The average molecular weight is 169 g/mol. The maximum atomic E-state index is 9.81. The number of β-amino-alcohol motifs (C(OH)–C–C–N with tert-alkyl or cyclic N) is 1. The van der Waals surface area contributed by atoms with Crippen LogP contribution in [0.15, 0.2) is 0 Å². The van der Waals surface area contributed by atoms with Crippen molar-refractivity contribution < 1.29 is 5.11 Å². The molecule has 0 bridgehead atoms. The highest BCUT2D eigenvalue weighted by molar-refractivity contribution is 4.92. The Morgan fingerprint density at radius 3 is 2.42 bits per heavy atom. The molecule has 0 amide bonds. The smallest absolute Gasteiger partial charge is 0.0895 e. The minimum absolute atomic E-state index is 0.331.